The molecule has 0 spiro atoms. The number of amides is 1. The van der Waals surface area contributed by atoms with E-state index in [9.17, 15) is 9.59 Å². The Labute approximate surface area is 222 Å². The topological polar surface area (TPSA) is 55.4 Å². The van der Waals surface area contributed by atoms with E-state index in [1.54, 1.807) is 14.0 Å². The lowest BCUT2D eigenvalue weighted by molar-refractivity contribution is -0.115. The van der Waals surface area contributed by atoms with Crippen molar-refractivity contribution in [2.24, 2.45) is 5.92 Å². The lowest BCUT2D eigenvalue weighted by atomic mass is 9.96. The molecule has 2 aromatic rings. The number of Topliss-reactive ketones (excluding diaryl/α,β-unsaturated/α-hetero) is 1. The van der Waals surface area contributed by atoms with Crippen LogP contribution in [0.25, 0.3) is 0 Å². The van der Waals surface area contributed by atoms with Gasteiger partial charge in [-0.1, -0.05) is 101 Å². The van der Waals surface area contributed by atoms with E-state index >= 15 is 0 Å². The summed E-state index contributed by atoms with van der Waals surface area (Å²) in [4.78, 5) is 22.3. The molecular formula is C30H46BrNO3. The highest BCUT2D eigenvalue weighted by atomic mass is 79.9. The first-order chi connectivity index (χ1) is 16.7. The Morgan fingerprint density at radius 3 is 2.06 bits per heavy atom. The minimum atomic E-state index is 0.0101. The van der Waals surface area contributed by atoms with Gasteiger partial charge < -0.3 is 10.1 Å². The van der Waals surface area contributed by atoms with Gasteiger partial charge in [0, 0.05) is 28.2 Å². The maximum absolute atomic E-state index is 11.2. The van der Waals surface area contributed by atoms with Crippen LogP contribution in [0.2, 0.25) is 0 Å². The lowest BCUT2D eigenvalue weighted by Crippen LogP contribution is -2.09. The summed E-state index contributed by atoms with van der Waals surface area (Å²) in [6.45, 7) is 14.3. The van der Waals surface area contributed by atoms with Crippen LogP contribution in [0.15, 0.2) is 40.9 Å². The van der Waals surface area contributed by atoms with Crippen LogP contribution in [0.5, 0.6) is 5.75 Å². The first kappa shape index (κ1) is 32.9. The number of ketones is 1. The zero-order valence-corrected chi connectivity index (χ0v) is 24.7. The Morgan fingerprint density at radius 1 is 1.00 bits per heavy atom. The second-order valence-corrected chi connectivity index (χ2v) is 9.47. The summed E-state index contributed by atoms with van der Waals surface area (Å²) in [5.41, 5.74) is 3.76. The van der Waals surface area contributed by atoms with Gasteiger partial charge in [0.2, 0.25) is 5.91 Å². The molecule has 0 aliphatic carbocycles. The first-order valence-corrected chi connectivity index (χ1v) is 13.7. The summed E-state index contributed by atoms with van der Waals surface area (Å²) in [5, 5.41) is 2.77. The van der Waals surface area contributed by atoms with E-state index in [1.165, 1.54) is 32.1 Å². The highest BCUT2D eigenvalue weighted by molar-refractivity contribution is 9.10. The third-order valence-electron chi connectivity index (χ3n) is 5.84. The molecule has 1 N–H and O–H groups in total. The van der Waals surface area contributed by atoms with Gasteiger partial charge in [-0.2, -0.15) is 0 Å². The smallest absolute Gasteiger partial charge is 0.224 e. The van der Waals surface area contributed by atoms with E-state index in [2.05, 4.69) is 42.0 Å². The molecule has 0 fully saturated rings. The SMILES string of the molecule is CCC(=O)Nc1ccc(C)c(OC)c1.CCCC(CC)CCC.CCc1c(Br)cccc1C(C)=O. The molecule has 0 saturated heterocycles. The van der Waals surface area contributed by atoms with Crippen molar-refractivity contribution in [3.8, 4) is 5.75 Å². The standard InChI is InChI=1S/C11H15NO2.C10H11BrO.C9H20/c1-4-11(13)12-9-6-5-8(2)10(7-9)14-3;1-3-8-9(7(2)12)5-4-6-10(8)11;1-4-7-9(6-3)8-5-2/h5-7H,4H2,1-3H3,(H,12,13);4-6H,3H2,1-2H3;9H,4-8H2,1-3H3. The van der Waals surface area contributed by atoms with Crippen LogP contribution in [0, 0.1) is 12.8 Å². The highest BCUT2D eigenvalue weighted by Crippen LogP contribution is 2.22. The maximum atomic E-state index is 11.2. The molecular weight excluding hydrogens is 502 g/mol. The molecule has 0 saturated carbocycles. The van der Waals surface area contributed by atoms with E-state index < -0.39 is 0 Å². The number of anilines is 1. The normalized spacial score (nSPS) is 10.0. The van der Waals surface area contributed by atoms with Gasteiger partial charge in [-0.05, 0) is 49.4 Å². The van der Waals surface area contributed by atoms with E-state index in [1.807, 2.05) is 57.2 Å². The molecule has 2 aromatic carbocycles. The Bertz CT molecular complexity index is 889. The number of halogens is 1. The van der Waals surface area contributed by atoms with Gasteiger partial charge in [-0.15, -0.1) is 0 Å². The van der Waals surface area contributed by atoms with Crippen LogP contribution in [0.4, 0.5) is 5.69 Å². The number of carbonyl (C=O) groups excluding carboxylic acids is 2. The van der Waals surface area contributed by atoms with Gasteiger partial charge in [0.25, 0.3) is 0 Å². The average Bonchev–Trinajstić information content (AvgIpc) is 2.85. The van der Waals surface area contributed by atoms with Crippen molar-refractivity contribution in [2.75, 3.05) is 12.4 Å². The molecule has 196 valence electrons. The third kappa shape index (κ3) is 12.9. The van der Waals surface area contributed by atoms with E-state index in [0.717, 1.165) is 44.9 Å². The molecule has 2 rings (SSSR count). The van der Waals surface area contributed by atoms with Crippen molar-refractivity contribution in [3.05, 3.63) is 57.6 Å². The average molecular weight is 549 g/mol. The summed E-state index contributed by atoms with van der Waals surface area (Å²) >= 11 is 3.42. The molecule has 35 heavy (non-hydrogen) atoms. The Kier molecular flexibility index (Phi) is 17.9. The van der Waals surface area contributed by atoms with Crippen LogP contribution in [0.1, 0.15) is 102 Å². The number of nitrogens with one attached hydrogen (secondary N) is 1. The Hall–Kier alpha value is -2.14. The third-order valence-corrected chi connectivity index (χ3v) is 6.58. The van der Waals surface area contributed by atoms with Crippen LogP contribution >= 0.6 is 15.9 Å². The molecule has 0 unspecified atom stereocenters. The number of rotatable bonds is 10. The van der Waals surface area contributed by atoms with Gasteiger partial charge in [0.1, 0.15) is 5.75 Å². The zero-order valence-electron chi connectivity index (χ0n) is 23.1. The van der Waals surface area contributed by atoms with E-state index in [0.29, 0.717) is 6.42 Å². The van der Waals surface area contributed by atoms with Crippen LogP contribution in [-0.4, -0.2) is 18.8 Å². The highest BCUT2D eigenvalue weighted by Gasteiger charge is 2.07. The predicted molar refractivity (Wildman–Crippen MR) is 154 cm³/mol. The fourth-order valence-corrected chi connectivity index (χ4v) is 4.41. The van der Waals surface area contributed by atoms with Gasteiger partial charge in [-0.25, -0.2) is 0 Å². The van der Waals surface area contributed by atoms with E-state index in [4.69, 9.17) is 4.74 Å². The summed E-state index contributed by atoms with van der Waals surface area (Å²) in [5.74, 6) is 1.95. The molecule has 4 nitrogen and oxygen atoms in total. The van der Waals surface area contributed by atoms with Crippen molar-refractivity contribution in [2.45, 2.75) is 93.4 Å². The van der Waals surface area contributed by atoms with Crippen molar-refractivity contribution in [1.82, 2.24) is 0 Å². The van der Waals surface area contributed by atoms with Crippen molar-refractivity contribution in [1.29, 1.82) is 0 Å². The number of ether oxygens (including phenoxy) is 1. The number of aryl methyl sites for hydroxylation is 1. The van der Waals surface area contributed by atoms with Crippen LogP contribution in [-0.2, 0) is 11.2 Å². The second-order valence-electron chi connectivity index (χ2n) is 8.61. The number of hydrogen-bond acceptors (Lipinski definition) is 3. The van der Waals surface area contributed by atoms with Crippen LogP contribution < -0.4 is 10.1 Å². The maximum Gasteiger partial charge on any atom is 0.224 e. The molecule has 0 radical (unpaired) electrons. The van der Waals surface area contributed by atoms with Crippen LogP contribution in [0.3, 0.4) is 0 Å². The molecule has 1 amide bonds. The number of benzene rings is 2. The quantitative estimate of drug-likeness (QED) is 0.301. The van der Waals surface area contributed by atoms with Gasteiger partial charge >= 0.3 is 0 Å². The summed E-state index contributed by atoms with van der Waals surface area (Å²) in [6, 6.07) is 11.3. The molecule has 5 heteroatoms. The summed E-state index contributed by atoms with van der Waals surface area (Å²) in [6.07, 6.45) is 8.33. The summed E-state index contributed by atoms with van der Waals surface area (Å²) in [7, 11) is 1.62. The minimum absolute atomic E-state index is 0.0101. The first-order valence-electron chi connectivity index (χ1n) is 12.9. The molecule has 0 bridgehead atoms. The van der Waals surface area contributed by atoms with Gasteiger partial charge in [-0.3, -0.25) is 9.59 Å². The molecule has 0 atom stereocenters. The van der Waals surface area contributed by atoms with E-state index in [-0.39, 0.29) is 11.7 Å². The summed E-state index contributed by atoms with van der Waals surface area (Å²) < 4.78 is 6.18. The lowest BCUT2D eigenvalue weighted by Gasteiger charge is -2.10. The van der Waals surface area contributed by atoms with Gasteiger partial charge in [0.15, 0.2) is 5.78 Å². The predicted octanol–water partition coefficient (Wildman–Crippen LogP) is 9.18. The Balaban J connectivity index is 0.000000509. The number of carbonyl (C=O) groups is 2. The van der Waals surface area contributed by atoms with Crippen molar-refractivity contribution in [3.63, 3.8) is 0 Å². The number of hydrogen-bond donors (Lipinski definition) is 1. The molecule has 0 heterocycles. The van der Waals surface area contributed by atoms with Crippen molar-refractivity contribution >= 4 is 33.3 Å². The Morgan fingerprint density at radius 2 is 1.63 bits per heavy atom. The second kappa shape index (κ2) is 19.1. The largest absolute Gasteiger partial charge is 0.496 e. The minimum Gasteiger partial charge on any atom is -0.496 e. The zero-order chi connectivity index (χ0) is 26.8. The fraction of sp³-hybridized carbons (Fsp3) is 0.533. The molecule has 0 aliphatic rings. The molecule has 0 aliphatic heterocycles. The fourth-order valence-electron chi connectivity index (χ4n) is 3.76. The van der Waals surface area contributed by atoms with Crippen molar-refractivity contribution < 1.29 is 14.3 Å². The monoisotopic (exact) mass is 547 g/mol. The molecule has 0 aromatic heterocycles. The van der Waals surface area contributed by atoms with Gasteiger partial charge in [0.05, 0.1) is 7.11 Å². The number of methoxy groups -OCH3 is 1.